The Morgan fingerprint density at radius 3 is 2.92 bits per heavy atom. The fraction of sp³-hybridized carbons (Fsp3) is 0.700. The molecule has 0 N–H and O–H groups in total. The molecular formula is C20H29N3O3. The summed E-state index contributed by atoms with van der Waals surface area (Å²) in [4.78, 5) is 21.0. The third-order valence-electron chi connectivity index (χ3n) is 5.92. The zero-order chi connectivity index (χ0) is 18.0. The lowest BCUT2D eigenvalue weighted by atomic mass is 9.81. The Morgan fingerprint density at radius 1 is 1.35 bits per heavy atom. The minimum atomic E-state index is -0.0828. The lowest BCUT2D eigenvalue weighted by Crippen LogP contribution is -2.64. The van der Waals surface area contributed by atoms with Crippen molar-refractivity contribution in [1.82, 2.24) is 14.8 Å². The summed E-state index contributed by atoms with van der Waals surface area (Å²) in [7, 11) is 0. The normalized spacial score (nSPS) is 25.0. The van der Waals surface area contributed by atoms with Crippen LogP contribution in [-0.2, 0) is 20.8 Å². The van der Waals surface area contributed by atoms with E-state index in [-0.39, 0.29) is 18.1 Å². The largest absolute Gasteiger partial charge is 0.372 e. The van der Waals surface area contributed by atoms with Gasteiger partial charge in [-0.1, -0.05) is 6.07 Å². The molecule has 0 unspecified atom stereocenters. The topological polar surface area (TPSA) is 54.9 Å². The summed E-state index contributed by atoms with van der Waals surface area (Å²) in [6.45, 7) is 8.16. The molecule has 0 bridgehead atoms. The first kappa shape index (κ1) is 17.9. The van der Waals surface area contributed by atoms with Gasteiger partial charge >= 0.3 is 0 Å². The highest BCUT2D eigenvalue weighted by Gasteiger charge is 2.52. The number of aryl methyl sites for hydroxylation is 1. The lowest BCUT2D eigenvalue weighted by Gasteiger charge is -2.50. The van der Waals surface area contributed by atoms with Gasteiger partial charge in [-0.2, -0.15) is 0 Å². The van der Waals surface area contributed by atoms with E-state index in [9.17, 15) is 4.79 Å². The van der Waals surface area contributed by atoms with Gasteiger partial charge in [-0.15, -0.1) is 0 Å². The van der Waals surface area contributed by atoms with Crippen molar-refractivity contribution in [3.63, 3.8) is 0 Å². The zero-order valence-corrected chi connectivity index (χ0v) is 15.7. The Labute approximate surface area is 155 Å². The molecule has 4 heterocycles. The van der Waals surface area contributed by atoms with Crippen LogP contribution in [0.2, 0.25) is 0 Å². The van der Waals surface area contributed by atoms with Crippen molar-refractivity contribution in [3.05, 3.63) is 29.6 Å². The predicted molar refractivity (Wildman–Crippen MR) is 97.7 cm³/mol. The Morgan fingerprint density at radius 2 is 2.15 bits per heavy atom. The van der Waals surface area contributed by atoms with E-state index in [1.165, 1.54) is 0 Å². The first-order chi connectivity index (χ1) is 12.6. The van der Waals surface area contributed by atoms with Gasteiger partial charge in [-0.05, 0) is 38.3 Å². The van der Waals surface area contributed by atoms with Gasteiger partial charge in [-0.25, -0.2) is 0 Å². The molecule has 1 spiro atoms. The molecule has 0 aliphatic carbocycles. The summed E-state index contributed by atoms with van der Waals surface area (Å²) >= 11 is 0. The van der Waals surface area contributed by atoms with Crippen molar-refractivity contribution >= 4 is 5.91 Å². The highest BCUT2D eigenvalue weighted by atomic mass is 16.5. The van der Waals surface area contributed by atoms with Gasteiger partial charge in [0.05, 0.1) is 17.9 Å². The van der Waals surface area contributed by atoms with E-state index in [4.69, 9.17) is 9.47 Å². The number of ether oxygens (including phenoxy) is 2. The first-order valence-corrected chi connectivity index (χ1v) is 9.79. The number of aromatic nitrogens is 1. The molecule has 142 valence electrons. The van der Waals surface area contributed by atoms with E-state index in [0.29, 0.717) is 12.5 Å². The predicted octanol–water partition coefficient (Wildman–Crippen LogP) is 1.62. The Bertz CT molecular complexity index is 639. The fourth-order valence-electron chi connectivity index (χ4n) is 4.46. The number of amides is 1. The van der Waals surface area contributed by atoms with E-state index in [1.807, 2.05) is 17.9 Å². The van der Waals surface area contributed by atoms with Crippen molar-refractivity contribution in [2.75, 3.05) is 46.0 Å². The number of hydrogen-bond acceptors (Lipinski definition) is 5. The maximum absolute atomic E-state index is 12.1. The smallest absolute Gasteiger partial charge is 0.248 e. The Hall–Kier alpha value is -1.50. The molecule has 0 aromatic carbocycles. The van der Waals surface area contributed by atoms with Gasteiger partial charge in [0.15, 0.2) is 0 Å². The van der Waals surface area contributed by atoms with Crippen LogP contribution in [0, 0.1) is 12.8 Å². The summed E-state index contributed by atoms with van der Waals surface area (Å²) in [6.07, 6.45) is 3.27. The van der Waals surface area contributed by atoms with Crippen LogP contribution < -0.4 is 0 Å². The van der Waals surface area contributed by atoms with Crippen molar-refractivity contribution in [1.29, 1.82) is 0 Å². The van der Waals surface area contributed by atoms with Crippen molar-refractivity contribution < 1.29 is 14.3 Å². The summed E-state index contributed by atoms with van der Waals surface area (Å²) < 4.78 is 11.9. The van der Waals surface area contributed by atoms with Gasteiger partial charge in [0.2, 0.25) is 5.91 Å². The standard InChI is InChI=1S/C20H29N3O3/c1-16-5-4-6-18(21-16)11-22-14-20(15-22)17(7-10-26-20)12-25-13-19(24)23-8-2-3-9-23/h4-6,17H,2-3,7-15H2,1H3/t17-/m0/s1. The van der Waals surface area contributed by atoms with Crippen LogP contribution in [-0.4, -0.2) is 72.3 Å². The molecule has 3 aliphatic heterocycles. The molecular weight excluding hydrogens is 330 g/mol. The molecule has 0 radical (unpaired) electrons. The van der Waals surface area contributed by atoms with Crippen LogP contribution in [0.1, 0.15) is 30.7 Å². The van der Waals surface area contributed by atoms with Crippen molar-refractivity contribution in [2.45, 2.75) is 38.3 Å². The molecule has 1 aromatic rings. The summed E-state index contributed by atoms with van der Waals surface area (Å²) in [5.74, 6) is 0.520. The quantitative estimate of drug-likeness (QED) is 0.773. The minimum Gasteiger partial charge on any atom is -0.372 e. The lowest BCUT2D eigenvalue weighted by molar-refractivity contribution is -0.151. The van der Waals surface area contributed by atoms with Crippen LogP contribution in [0.25, 0.3) is 0 Å². The maximum Gasteiger partial charge on any atom is 0.248 e. The molecule has 6 nitrogen and oxygen atoms in total. The van der Waals surface area contributed by atoms with Crippen LogP contribution in [0.5, 0.6) is 0 Å². The number of pyridine rings is 1. The number of rotatable bonds is 6. The van der Waals surface area contributed by atoms with Crippen molar-refractivity contribution in [3.8, 4) is 0 Å². The third kappa shape index (κ3) is 3.77. The average molecular weight is 359 g/mol. The Balaban J connectivity index is 1.23. The number of nitrogens with zero attached hydrogens (tertiary/aromatic N) is 3. The molecule has 3 saturated heterocycles. The van der Waals surface area contributed by atoms with Gasteiger partial charge in [0.25, 0.3) is 0 Å². The zero-order valence-electron chi connectivity index (χ0n) is 15.7. The van der Waals surface area contributed by atoms with E-state index < -0.39 is 0 Å². The van der Waals surface area contributed by atoms with Crippen molar-refractivity contribution in [2.24, 2.45) is 5.92 Å². The highest BCUT2D eigenvalue weighted by molar-refractivity contribution is 5.77. The maximum atomic E-state index is 12.1. The van der Waals surface area contributed by atoms with Crippen LogP contribution >= 0.6 is 0 Å². The third-order valence-corrected chi connectivity index (χ3v) is 5.92. The molecule has 3 fully saturated rings. The summed E-state index contributed by atoms with van der Waals surface area (Å²) in [5.41, 5.74) is 2.09. The average Bonchev–Trinajstić information content (AvgIpc) is 3.24. The SMILES string of the molecule is Cc1cccc(CN2CC3(C2)OCC[C@H]3COCC(=O)N2CCCC2)n1. The molecule has 6 heteroatoms. The van der Waals surface area contributed by atoms with Gasteiger partial charge in [0, 0.05) is 50.9 Å². The minimum absolute atomic E-state index is 0.0828. The molecule has 1 atom stereocenters. The van der Waals surface area contributed by atoms with Crippen LogP contribution in [0.4, 0.5) is 0 Å². The Kier molecular flexibility index (Phi) is 5.25. The second-order valence-electron chi connectivity index (χ2n) is 7.92. The highest BCUT2D eigenvalue weighted by Crippen LogP contribution is 2.40. The van der Waals surface area contributed by atoms with E-state index >= 15 is 0 Å². The summed E-state index contributed by atoms with van der Waals surface area (Å²) in [6, 6.07) is 6.17. The number of hydrogen-bond donors (Lipinski definition) is 0. The number of carbonyl (C=O) groups is 1. The first-order valence-electron chi connectivity index (χ1n) is 9.79. The molecule has 1 aromatic heterocycles. The van der Waals surface area contributed by atoms with E-state index in [0.717, 1.165) is 70.0 Å². The van der Waals surface area contributed by atoms with Gasteiger partial charge < -0.3 is 14.4 Å². The molecule has 3 aliphatic rings. The van der Waals surface area contributed by atoms with Gasteiger partial charge in [-0.3, -0.25) is 14.7 Å². The fourth-order valence-corrected chi connectivity index (χ4v) is 4.46. The summed E-state index contributed by atoms with van der Waals surface area (Å²) in [5, 5.41) is 0. The molecule has 1 amide bonds. The van der Waals surface area contributed by atoms with E-state index in [1.54, 1.807) is 0 Å². The second kappa shape index (κ2) is 7.62. The molecule has 26 heavy (non-hydrogen) atoms. The number of likely N-dealkylation sites (tertiary alicyclic amines) is 2. The van der Waals surface area contributed by atoms with Crippen LogP contribution in [0.3, 0.4) is 0 Å². The van der Waals surface area contributed by atoms with E-state index in [2.05, 4.69) is 22.0 Å². The second-order valence-corrected chi connectivity index (χ2v) is 7.92. The van der Waals surface area contributed by atoms with Crippen LogP contribution in [0.15, 0.2) is 18.2 Å². The molecule has 0 saturated carbocycles. The monoisotopic (exact) mass is 359 g/mol. The van der Waals surface area contributed by atoms with Gasteiger partial charge in [0.1, 0.15) is 6.61 Å². The number of carbonyl (C=O) groups excluding carboxylic acids is 1. The molecule has 4 rings (SSSR count).